The Kier molecular flexibility index (Phi) is 4.23. The lowest BCUT2D eigenvalue weighted by molar-refractivity contribution is 0.204. The Labute approximate surface area is 87.4 Å². The van der Waals surface area contributed by atoms with Crippen LogP contribution in [0.2, 0.25) is 0 Å². The molecule has 0 radical (unpaired) electrons. The normalized spacial score (nSPS) is 29.4. The van der Waals surface area contributed by atoms with Gasteiger partial charge >= 0.3 is 0 Å². The molecule has 2 unspecified atom stereocenters. The van der Waals surface area contributed by atoms with Crippen molar-refractivity contribution in [1.29, 1.82) is 0 Å². The molecule has 0 saturated carbocycles. The molecule has 3 heteroatoms. The van der Waals surface area contributed by atoms with E-state index in [2.05, 4.69) is 30.7 Å². The van der Waals surface area contributed by atoms with Gasteiger partial charge in [-0.3, -0.25) is 4.99 Å². The van der Waals surface area contributed by atoms with Crippen LogP contribution < -0.4 is 5.73 Å². The molecule has 0 bridgehead atoms. The Hall–Kier alpha value is -0.730. The molecule has 3 nitrogen and oxygen atoms in total. The standard InChI is InChI=1S/C11H23N3/c1-4-7-13-11(12)14-8-9(2)5-6-10(14)3/h9-10H,4-8H2,1-3H3,(H2,12,13). The largest absolute Gasteiger partial charge is 0.370 e. The summed E-state index contributed by atoms with van der Waals surface area (Å²) in [6, 6.07) is 0.562. The van der Waals surface area contributed by atoms with Gasteiger partial charge in [0, 0.05) is 19.1 Å². The molecule has 1 aliphatic heterocycles. The molecule has 0 spiro atoms. The van der Waals surface area contributed by atoms with Crippen molar-refractivity contribution in [1.82, 2.24) is 4.90 Å². The monoisotopic (exact) mass is 197 g/mol. The number of likely N-dealkylation sites (tertiary alicyclic amines) is 1. The van der Waals surface area contributed by atoms with Crippen LogP contribution in [0.1, 0.15) is 40.0 Å². The summed E-state index contributed by atoms with van der Waals surface area (Å²) in [5.41, 5.74) is 5.96. The maximum absolute atomic E-state index is 5.96. The van der Waals surface area contributed by atoms with E-state index in [-0.39, 0.29) is 0 Å². The van der Waals surface area contributed by atoms with E-state index in [4.69, 9.17) is 5.73 Å². The minimum absolute atomic E-state index is 0.562. The van der Waals surface area contributed by atoms with Gasteiger partial charge in [-0.05, 0) is 32.1 Å². The van der Waals surface area contributed by atoms with Crippen LogP contribution in [0.15, 0.2) is 4.99 Å². The first-order valence-electron chi connectivity index (χ1n) is 5.71. The van der Waals surface area contributed by atoms with E-state index in [1.165, 1.54) is 12.8 Å². The third kappa shape index (κ3) is 2.89. The Morgan fingerprint density at radius 2 is 2.14 bits per heavy atom. The fourth-order valence-corrected chi connectivity index (χ4v) is 1.93. The quantitative estimate of drug-likeness (QED) is 0.542. The van der Waals surface area contributed by atoms with Crippen LogP contribution in [-0.2, 0) is 0 Å². The number of nitrogens with zero attached hydrogens (tertiary/aromatic N) is 2. The summed E-state index contributed by atoms with van der Waals surface area (Å²) < 4.78 is 0. The van der Waals surface area contributed by atoms with Crippen molar-refractivity contribution in [3.05, 3.63) is 0 Å². The first-order chi connectivity index (χ1) is 6.65. The van der Waals surface area contributed by atoms with Crippen molar-refractivity contribution in [3.63, 3.8) is 0 Å². The Morgan fingerprint density at radius 3 is 2.79 bits per heavy atom. The van der Waals surface area contributed by atoms with E-state index in [1.54, 1.807) is 0 Å². The van der Waals surface area contributed by atoms with Gasteiger partial charge in [-0.15, -0.1) is 0 Å². The van der Waals surface area contributed by atoms with E-state index in [0.717, 1.165) is 31.4 Å². The number of hydrogen-bond donors (Lipinski definition) is 1. The second-order valence-electron chi connectivity index (χ2n) is 4.42. The zero-order valence-electron chi connectivity index (χ0n) is 9.66. The highest BCUT2D eigenvalue weighted by Crippen LogP contribution is 2.20. The van der Waals surface area contributed by atoms with Gasteiger partial charge in [0.1, 0.15) is 0 Å². The minimum atomic E-state index is 0.562. The van der Waals surface area contributed by atoms with Crippen molar-refractivity contribution in [3.8, 4) is 0 Å². The Morgan fingerprint density at radius 1 is 1.43 bits per heavy atom. The predicted octanol–water partition coefficient (Wildman–Crippen LogP) is 1.83. The van der Waals surface area contributed by atoms with Gasteiger partial charge in [-0.25, -0.2) is 0 Å². The maximum atomic E-state index is 5.96. The van der Waals surface area contributed by atoms with Crippen LogP contribution in [0.5, 0.6) is 0 Å². The van der Waals surface area contributed by atoms with Crippen LogP contribution >= 0.6 is 0 Å². The van der Waals surface area contributed by atoms with Crippen LogP contribution in [-0.4, -0.2) is 30.0 Å². The van der Waals surface area contributed by atoms with E-state index in [0.29, 0.717) is 6.04 Å². The molecule has 0 aromatic carbocycles. The molecule has 82 valence electrons. The molecule has 1 fully saturated rings. The number of piperidine rings is 1. The number of aliphatic imine (C=N–C) groups is 1. The highest BCUT2D eigenvalue weighted by molar-refractivity contribution is 5.78. The molecular formula is C11H23N3. The molecule has 0 amide bonds. The van der Waals surface area contributed by atoms with E-state index in [1.807, 2.05) is 0 Å². The lowest BCUT2D eigenvalue weighted by Gasteiger charge is -2.37. The van der Waals surface area contributed by atoms with Gasteiger partial charge in [-0.2, -0.15) is 0 Å². The van der Waals surface area contributed by atoms with Crippen LogP contribution in [0.4, 0.5) is 0 Å². The average molecular weight is 197 g/mol. The van der Waals surface area contributed by atoms with Crippen molar-refractivity contribution < 1.29 is 0 Å². The first-order valence-corrected chi connectivity index (χ1v) is 5.71. The topological polar surface area (TPSA) is 41.6 Å². The molecule has 0 aliphatic carbocycles. The molecule has 2 atom stereocenters. The lowest BCUT2D eigenvalue weighted by Crippen LogP contribution is -2.48. The zero-order valence-corrected chi connectivity index (χ0v) is 9.66. The van der Waals surface area contributed by atoms with Crippen molar-refractivity contribution in [2.75, 3.05) is 13.1 Å². The molecular weight excluding hydrogens is 174 g/mol. The number of rotatable bonds is 2. The SMILES string of the molecule is CCCN=C(N)N1CC(C)CCC1C. The zero-order chi connectivity index (χ0) is 10.6. The fraction of sp³-hybridized carbons (Fsp3) is 0.909. The second kappa shape index (κ2) is 5.23. The maximum Gasteiger partial charge on any atom is 0.191 e. The summed E-state index contributed by atoms with van der Waals surface area (Å²) in [6.07, 6.45) is 3.63. The molecule has 1 rings (SSSR count). The second-order valence-corrected chi connectivity index (χ2v) is 4.42. The van der Waals surface area contributed by atoms with Gasteiger partial charge in [0.2, 0.25) is 0 Å². The minimum Gasteiger partial charge on any atom is -0.370 e. The van der Waals surface area contributed by atoms with Crippen molar-refractivity contribution in [2.45, 2.75) is 46.1 Å². The van der Waals surface area contributed by atoms with Gasteiger partial charge in [0.25, 0.3) is 0 Å². The fourth-order valence-electron chi connectivity index (χ4n) is 1.93. The third-order valence-electron chi connectivity index (χ3n) is 2.91. The lowest BCUT2D eigenvalue weighted by atomic mass is 9.95. The molecule has 0 aromatic heterocycles. The predicted molar refractivity (Wildman–Crippen MR) is 61.3 cm³/mol. The summed E-state index contributed by atoms with van der Waals surface area (Å²) in [4.78, 5) is 6.63. The number of nitrogens with two attached hydrogens (primary N) is 1. The summed E-state index contributed by atoms with van der Waals surface area (Å²) in [7, 11) is 0. The van der Waals surface area contributed by atoms with Crippen LogP contribution in [0, 0.1) is 5.92 Å². The summed E-state index contributed by atoms with van der Waals surface area (Å²) >= 11 is 0. The number of guanidine groups is 1. The van der Waals surface area contributed by atoms with E-state index < -0.39 is 0 Å². The van der Waals surface area contributed by atoms with Crippen molar-refractivity contribution >= 4 is 5.96 Å². The van der Waals surface area contributed by atoms with Crippen molar-refractivity contribution in [2.24, 2.45) is 16.6 Å². The van der Waals surface area contributed by atoms with Gasteiger partial charge in [0.05, 0.1) is 0 Å². The Balaban J connectivity index is 2.55. The first kappa shape index (κ1) is 11.3. The average Bonchev–Trinajstić information content (AvgIpc) is 2.18. The Bertz CT molecular complexity index is 201. The summed E-state index contributed by atoms with van der Waals surface area (Å²) in [5, 5.41) is 0. The van der Waals surface area contributed by atoms with Gasteiger partial charge in [-0.1, -0.05) is 13.8 Å². The highest BCUT2D eigenvalue weighted by atomic mass is 15.3. The summed E-state index contributed by atoms with van der Waals surface area (Å²) in [6.45, 7) is 8.56. The molecule has 1 saturated heterocycles. The summed E-state index contributed by atoms with van der Waals surface area (Å²) in [5.74, 6) is 1.49. The molecule has 0 aromatic rings. The van der Waals surface area contributed by atoms with Gasteiger partial charge in [0.15, 0.2) is 5.96 Å². The molecule has 2 N–H and O–H groups in total. The highest BCUT2D eigenvalue weighted by Gasteiger charge is 2.23. The van der Waals surface area contributed by atoms with Gasteiger partial charge < -0.3 is 10.6 Å². The van der Waals surface area contributed by atoms with E-state index >= 15 is 0 Å². The third-order valence-corrected chi connectivity index (χ3v) is 2.91. The molecule has 1 heterocycles. The molecule has 14 heavy (non-hydrogen) atoms. The van der Waals surface area contributed by atoms with E-state index in [9.17, 15) is 0 Å². The smallest absolute Gasteiger partial charge is 0.191 e. The van der Waals surface area contributed by atoms with Crippen LogP contribution in [0.3, 0.4) is 0 Å². The molecule has 1 aliphatic rings. The van der Waals surface area contributed by atoms with Crippen LogP contribution in [0.25, 0.3) is 0 Å². The number of hydrogen-bond acceptors (Lipinski definition) is 1.